The summed E-state index contributed by atoms with van der Waals surface area (Å²) in [5, 5.41) is 11.9. The number of aromatic nitrogens is 3. The van der Waals surface area contributed by atoms with E-state index in [2.05, 4.69) is 0 Å². The Morgan fingerprint density at radius 2 is 1.72 bits per heavy atom. The molecule has 0 saturated carbocycles. The van der Waals surface area contributed by atoms with E-state index in [9.17, 15) is 19.7 Å². The summed E-state index contributed by atoms with van der Waals surface area (Å²) < 4.78 is 9.72. The standard InChI is InChI=1S/C23H22N4O5/c1-5-32-17-10-8-16(9-11-17)26-13-19-20(22(28)25(4)23(29)24(19)3)21(26)15-7-6-14(2)18(12-15)27(30)31/h6-13H,5H2,1-4H3. The third-order valence-electron chi connectivity index (χ3n) is 5.54. The third kappa shape index (κ3) is 3.27. The number of benzene rings is 2. The van der Waals surface area contributed by atoms with Gasteiger partial charge < -0.3 is 9.30 Å². The molecule has 0 fully saturated rings. The quantitative estimate of drug-likeness (QED) is 0.354. The topological polar surface area (TPSA) is 101 Å². The van der Waals surface area contributed by atoms with Gasteiger partial charge in [0, 0.05) is 43.2 Å². The van der Waals surface area contributed by atoms with Crippen LogP contribution in [0.5, 0.6) is 5.75 Å². The number of hydrogen-bond donors (Lipinski definition) is 0. The molecule has 0 unspecified atom stereocenters. The SMILES string of the molecule is CCOc1ccc(-n2cc3c(c2-c2ccc(C)c([N+](=O)[O-])c2)c(=O)n(C)c(=O)n3C)cc1. The van der Waals surface area contributed by atoms with Gasteiger partial charge in [0.1, 0.15) is 5.75 Å². The zero-order valence-corrected chi connectivity index (χ0v) is 18.2. The third-order valence-corrected chi connectivity index (χ3v) is 5.54. The minimum absolute atomic E-state index is 0.0447. The van der Waals surface area contributed by atoms with Gasteiger partial charge >= 0.3 is 5.69 Å². The van der Waals surface area contributed by atoms with Crippen LogP contribution in [0, 0.1) is 17.0 Å². The van der Waals surface area contributed by atoms with E-state index in [4.69, 9.17) is 4.74 Å². The molecule has 0 aliphatic rings. The Balaban J connectivity index is 2.11. The fourth-order valence-electron chi connectivity index (χ4n) is 3.85. The highest BCUT2D eigenvalue weighted by Gasteiger charge is 2.22. The molecule has 0 amide bonds. The van der Waals surface area contributed by atoms with Crippen LogP contribution in [0.25, 0.3) is 27.8 Å². The Morgan fingerprint density at radius 1 is 1.03 bits per heavy atom. The number of ether oxygens (including phenoxy) is 1. The van der Waals surface area contributed by atoms with Crippen molar-refractivity contribution in [2.24, 2.45) is 14.1 Å². The summed E-state index contributed by atoms with van der Waals surface area (Å²) in [5.41, 5.74) is 1.69. The van der Waals surface area contributed by atoms with E-state index in [1.54, 1.807) is 36.9 Å². The molecule has 0 bridgehead atoms. The van der Waals surface area contributed by atoms with Crippen LogP contribution in [0.15, 0.2) is 58.3 Å². The summed E-state index contributed by atoms with van der Waals surface area (Å²) in [7, 11) is 3.01. The number of fused-ring (bicyclic) bond motifs is 1. The predicted octanol–water partition coefficient (Wildman–Crippen LogP) is 3.31. The molecule has 0 spiro atoms. The monoisotopic (exact) mass is 434 g/mol. The van der Waals surface area contributed by atoms with Crippen molar-refractivity contribution in [2.45, 2.75) is 13.8 Å². The van der Waals surface area contributed by atoms with Crippen molar-refractivity contribution in [3.8, 4) is 22.7 Å². The van der Waals surface area contributed by atoms with Crippen molar-refractivity contribution in [1.82, 2.24) is 13.7 Å². The molecule has 4 rings (SSSR count). The van der Waals surface area contributed by atoms with Crippen molar-refractivity contribution in [2.75, 3.05) is 6.61 Å². The van der Waals surface area contributed by atoms with Crippen LogP contribution >= 0.6 is 0 Å². The molecule has 0 radical (unpaired) electrons. The van der Waals surface area contributed by atoms with Gasteiger partial charge in [0.25, 0.3) is 11.2 Å². The minimum atomic E-state index is -0.467. The molecule has 32 heavy (non-hydrogen) atoms. The molecule has 0 aliphatic heterocycles. The van der Waals surface area contributed by atoms with Gasteiger partial charge in [0.2, 0.25) is 0 Å². The highest BCUT2D eigenvalue weighted by Crippen LogP contribution is 2.34. The molecule has 0 aliphatic carbocycles. The molecule has 9 nitrogen and oxygen atoms in total. The smallest absolute Gasteiger partial charge is 0.330 e. The van der Waals surface area contributed by atoms with Crippen molar-refractivity contribution in [3.05, 3.63) is 85.2 Å². The van der Waals surface area contributed by atoms with E-state index in [0.717, 1.165) is 10.3 Å². The van der Waals surface area contributed by atoms with Crippen molar-refractivity contribution in [1.29, 1.82) is 0 Å². The molecule has 2 aromatic heterocycles. The van der Waals surface area contributed by atoms with Crippen molar-refractivity contribution in [3.63, 3.8) is 0 Å². The molecule has 0 atom stereocenters. The Kier molecular flexibility index (Phi) is 5.17. The Bertz CT molecular complexity index is 1480. The fourth-order valence-corrected chi connectivity index (χ4v) is 3.85. The van der Waals surface area contributed by atoms with E-state index >= 15 is 0 Å². The number of nitro benzene ring substituents is 1. The van der Waals surface area contributed by atoms with Crippen molar-refractivity contribution < 1.29 is 9.66 Å². The predicted molar refractivity (Wildman–Crippen MR) is 122 cm³/mol. The molecule has 4 aromatic rings. The Labute approximate surface area is 182 Å². The summed E-state index contributed by atoms with van der Waals surface area (Å²) in [6.45, 7) is 4.09. The molecule has 0 N–H and O–H groups in total. The summed E-state index contributed by atoms with van der Waals surface area (Å²) in [6.07, 6.45) is 1.70. The van der Waals surface area contributed by atoms with E-state index in [0.29, 0.717) is 40.1 Å². The van der Waals surface area contributed by atoms with Crippen LogP contribution in [0.4, 0.5) is 5.69 Å². The maximum Gasteiger partial charge on any atom is 0.330 e. The van der Waals surface area contributed by atoms with Gasteiger partial charge in [-0.05, 0) is 38.1 Å². The Hall–Kier alpha value is -4.14. The lowest BCUT2D eigenvalue weighted by molar-refractivity contribution is -0.385. The first-order valence-electron chi connectivity index (χ1n) is 10.0. The number of hydrogen-bond acceptors (Lipinski definition) is 5. The van der Waals surface area contributed by atoms with Crippen LogP contribution in [0.1, 0.15) is 12.5 Å². The van der Waals surface area contributed by atoms with Gasteiger partial charge in [-0.15, -0.1) is 0 Å². The summed E-state index contributed by atoms with van der Waals surface area (Å²) in [6, 6.07) is 12.1. The van der Waals surface area contributed by atoms with Gasteiger partial charge in [-0.1, -0.05) is 12.1 Å². The van der Waals surface area contributed by atoms with E-state index < -0.39 is 16.2 Å². The van der Waals surface area contributed by atoms with Gasteiger partial charge in [-0.3, -0.25) is 24.0 Å². The average molecular weight is 434 g/mol. The van der Waals surface area contributed by atoms with E-state index in [1.807, 2.05) is 31.2 Å². The lowest BCUT2D eigenvalue weighted by Crippen LogP contribution is -2.36. The molecule has 2 aromatic carbocycles. The van der Waals surface area contributed by atoms with Crippen LogP contribution in [0.3, 0.4) is 0 Å². The molecular formula is C23H22N4O5. The second-order valence-electron chi connectivity index (χ2n) is 7.50. The summed E-state index contributed by atoms with van der Waals surface area (Å²) in [5.74, 6) is 0.698. The summed E-state index contributed by atoms with van der Waals surface area (Å²) >= 11 is 0. The first-order chi connectivity index (χ1) is 15.2. The molecule has 164 valence electrons. The van der Waals surface area contributed by atoms with E-state index in [1.165, 1.54) is 17.7 Å². The molecule has 2 heterocycles. The van der Waals surface area contributed by atoms with E-state index in [-0.39, 0.29) is 5.69 Å². The fraction of sp³-hybridized carbons (Fsp3) is 0.217. The summed E-state index contributed by atoms with van der Waals surface area (Å²) in [4.78, 5) is 36.8. The highest BCUT2D eigenvalue weighted by atomic mass is 16.6. The van der Waals surface area contributed by atoms with Gasteiger partial charge in [0.05, 0.1) is 28.1 Å². The first kappa shape index (κ1) is 21.1. The zero-order valence-electron chi connectivity index (χ0n) is 18.2. The van der Waals surface area contributed by atoms with Gasteiger partial charge in [0.15, 0.2) is 0 Å². The normalized spacial score (nSPS) is 11.1. The van der Waals surface area contributed by atoms with Crippen LogP contribution in [0.2, 0.25) is 0 Å². The second kappa shape index (κ2) is 7.84. The molecule has 9 heteroatoms. The molecule has 0 saturated heterocycles. The first-order valence-corrected chi connectivity index (χ1v) is 10.0. The lowest BCUT2D eigenvalue weighted by Gasteiger charge is -2.12. The highest BCUT2D eigenvalue weighted by molar-refractivity contribution is 5.95. The lowest BCUT2D eigenvalue weighted by atomic mass is 10.1. The number of nitro groups is 1. The van der Waals surface area contributed by atoms with Crippen LogP contribution in [-0.4, -0.2) is 25.2 Å². The van der Waals surface area contributed by atoms with Gasteiger partial charge in [-0.2, -0.15) is 0 Å². The van der Waals surface area contributed by atoms with Gasteiger partial charge in [-0.25, -0.2) is 4.79 Å². The molecular weight excluding hydrogens is 412 g/mol. The number of aryl methyl sites for hydroxylation is 2. The maximum absolute atomic E-state index is 13.1. The second-order valence-corrected chi connectivity index (χ2v) is 7.50. The minimum Gasteiger partial charge on any atom is -0.494 e. The number of rotatable bonds is 5. The van der Waals surface area contributed by atoms with Crippen molar-refractivity contribution >= 4 is 16.6 Å². The van der Waals surface area contributed by atoms with Crippen LogP contribution < -0.4 is 16.0 Å². The average Bonchev–Trinajstić information content (AvgIpc) is 3.18. The van der Waals surface area contributed by atoms with Crippen LogP contribution in [-0.2, 0) is 14.1 Å². The maximum atomic E-state index is 13.1. The zero-order chi connectivity index (χ0) is 23.2. The number of nitrogens with zero attached hydrogens (tertiary/aromatic N) is 4. The Morgan fingerprint density at radius 3 is 2.34 bits per heavy atom. The largest absolute Gasteiger partial charge is 0.494 e.